The number of halogens is 3. The van der Waals surface area contributed by atoms with Crippen molar-refractivity contribution in [3.63, 3.8) is 0 Å². The van der Waals surface area contributed by atoms with Crippen molar-refractivity contribution in [1.82, 2.24) is 10.2 Å². The molecule has 114 valence electrons. The maximum absolute atomic E-state index is 12.9. The van der Waals surface area contributed by atoms with E-state index < -0.39 is 17.6 Å². The summed E-state index contributed by atoms with van der Waals surface area (Å²) in [4.78, 5) is 1.96. The van der Waals surface area contributed by atoms with Gasteiger partial charge in [0, 0.05) is 12.6 Å². The van der Waals surface area contributed by atoms with Gasteiger partial charge in [-0.15, -0.1) is 0 Å². The molecule has 0 aromatic heterocycles. The lowest BCUT2D eigenvalue weighted by Gasteiger charge is -2.44. The Labute approximate surface area is 118 Å². The summed E-state index contributed by atoms with van der Waals surface area (Å²) < 4.78 is 38.6. The van der Waals surface area contributed by atoms with Gasteiger partial charge in [0.15, 0.2) is 0 Å². The van der Waals surface area contributed by atoms with Gasteiger partial charge >= 0.3 is 6.18 Å². The van der Waals surface area contributed by atoms with Crippen LogP contribution in [0.1, 0.15) is 38.5 Å². The lowest BCUT2D eigenvalue weighted by molar-refractivity contribution is -0.189. The molecule has 0 spiro atoms. The number of hydrogen-bond acceptors (Lipinski definition) is 3. The molecule has 2 fully saturated rings. The number of nitrogens with one attached hydrogen (secondary N) is 1. The van der Waals surface area contributed by atoms with Crippen LogP contribution in [0.3, 0.4) is 0 Å². The molecule has 2 rings (SSSR count). The third kappa shape index (κ3) is 3.26. The van der Waals surface area contributed by atoms with E-state index in [1.165, 1.54) is 0 Å². The molecule has 0 aromatic carbocycles. The van der Waals surface area contributed by atoms with E-state index in [9.17, 15) is 18.4 Å². The lowest BCUT2D eigenvalue weighted by Crippen LogP contribution is -2.54. The van der Waals surface area contributed by atoms with Gasteiger partial charge in [-0.1, -0.05) is 0 Å². The van der Waals surface area contributed by atoms with Crippen LogP contribution in [0.5, 0.6) is 0 Å². The maximum Gasteiger partial charge on any atom is 0.393 e. The van der Waals surface area contributed by atoms with Crippen molar-refractivity contribution in [1.29, 1.82) is 5.26 Å². The average Bonchev–Trinajstić information content (AvgIpc) is 2.46. The molecule has 3 atom stereocenters. The summed E-state index contributed by atoms with van der Waals surface area (Å²) in [5.74, 6) is -1.20. The summed E-state index contributed by atoms with van der Waals surface area (Å²) in [7, 11) is 1.76. The van der Waals surface area contributed by atoms with E-state index in [1.54, 1.807) is 7.05 Å². The van der Waals surface area contributed by atoms with Crippen LogP contribution in [0.15, 0.2) is 0 Å². The molecule has 2 aliphatic rings. The molecular formula is C14H22F3N3. The average molecular weight is 289 g/mol. The first kappa shape index (κ1) is 15.6. The van der Waals surface area contributed by atoms with Crippen LogP contribution in [0, 0.1) is 17.2 Å². The van der Waals surface area contributed by atoms with Crippen LogP contribution in [0.25, 0.3) is 0 Å². The lowest BCUT2D eigenvalue weighted by atomic mass is 9.78. The largest absolute Gasteiger partial charge is 0.393 e. The molecule has 1 saturated carbocycles. The van der Waals surface area contributed by atoms with Crippen LogP contribution >= 0.6 is 0 Å². The Morgan fingerprint density at radius 3 is 2.65 bits per heavy atom. The quantitative estimate of drug-likeness (QED) is 0.849. The van der Waals surface area contributed by atoms with Gasteiger partial charge in [-0.05, 0) is 52.1 Å². The predicted molar refractivity (Wildman–Crippen MR) is 70.0 cm³/mol. The number of rotatable bonds is 2. The monoisotopic (exact) mass is 289 g/mol. The van der Waals surface area contributed by atoms with E-state index in [0.717, 1.165) is 25.8 Å². The van der Waals surface area contributed by atoms with Crippen molar-refractivity contribution in [2.24, 2.45) is 5.92 Å². The van der Waals surface area contributed by atoms with Crippen molar-refractivity contribution in [2.75, 3.05) is 20.1 Å². The van der Waals surface area contributed by atoms with Gasteiger partial charge in [0.05, 0.1) is 12.0 Å². The second-order valence-corrected chi connectivity index (χ2v) is 6.07. The molecule has 1 N–H and O–H groups in total. The van der Waals surface area contributed by atoms with Gasteiger partial charge in [-0.2, -0.15) is 18.4 Å². The number of hydrogen-bond donors (Lipinski definition) is 1. The summed E-state index contributed by atoms with van der Waals surface area (Å²) in [5.41, 5.74) is -0.561. The van der Waals surface area contributed by atoms with Crippen molar-refractivity contribution in [3.8, 4) is 6.07 Å². The molecule has 20 heavy (non-hydrogen) atoms. The second kappa shape index (κ2) is 5.90. The first-order chi connectivity index (χ1) is 9.40. The minimum absolute atomic E-state index is 0.0966. The first-order valence-corrected chi connectivity index (χ1v) is 7.31. The minimum Gasteiger partial charge on any atom is -0.302 e. The second-order valence-electron chi connectivity index (χ2n) is 6.07. The summed E-state index contributed by atoms with van der Waals surface area (Å²) in [6.07, 6.45) is -0.0514. The van der Waals surface area contributed by atoms with Crippen molar-refractivity contribution >= 4 is 0 Å². The zero-order valence-electron chi connectivity index (χ0n) is 11.8. The molecule has 3 unspecified atom stereocenters. The maximum atomic E-state index is 12.9. The van der Waals surface area contributed by atoms with Gasteiger partial charge in [0.1, 0.15) is 5.54 Å². The first-order valence-electron chi connectivity index (χ1n) is 7.31. The molecule has 1 aliphatic heterocycles. The minimum atomic E-state index is -4.09. The Morgan fingerprint density at radius 1 is 1.30 bits per heavy atom. The summed E-state index contributed by atoms with van der Waals surface area (Å²) in [6, 6.07) is 2.42. The molecule has 0 bridgehead atoms. The normalized spacial score (nSPS) is 36.5. The fraction of sp³-hybridized carbons (Fsp3) is 0.929. The van der Waals surface area contributed by atoms with Crippen LogP contribution in [-0.2, 0) is 0 Å². The highest BCUT2D eigenvalue weighted by Crippen LogP contribution is 2.37. The highest BCUT2D eigenvalue weighted by atomic mass is 19.4. The highest BCUT2D eigenvalue weighted by molar-refractivity contribution is 5.10. The number of piperidine rings is 1. The van der Waals surface area contributed by atoms with Crippen molar-refractivity contribution in [3.05, 3.63) is 0 Å². The SMILES string of the molecule is CNC1(C#N)CCCC(N2CCCC(C(F)(F)F)C2)C1. The molecule has 0 aromatic rings. The van der Waals surface area contributed by atoms with E-state index in [4.69, 9.17) is 0 Å². The molecule has 0 amide bonds. The standard InChI is InChI=1S/C14H22F3N3/c1-19-13(10-18)6-2-5-12(8-13)20-7-3-4-11(9-20)14(15,16)17/h11-12,19H,2-9H2,1H3. The Bertz CT molecular complexity index is 377. The Kier molecular flexibility index (Phi) is 4.60. The van der Waals surface area contributed by atoms with Gasteiger partial charge in [-0.3, -0.25) is 4.90 Å². The third-order valence-electron chi connectivity index (χ3n) is 4.85. The molecule has 1 heterocycles. The van der Waals surface area contributed by atoms with Crippen LogP contribution in [0.4, 0.5) is 13.2 Å². The number of nitriles is 1. The third-order valence-corrected chi connectivity index (χ3v) is 4.85. The van der Waals surface area contributed by atoms with E-state index >= 15 is 0 Å². The summed E-state index contributed by atoms with van der Waals surface area (Å²) in [6.45, 7) is 0.821. The van der Waals surface area contributed by atoms with E-state index in [0.29, 0.717) is 12.8 Å². The zero-order chi connectivity index (χ0) is 14.8. The molecule has 1 aliphatic carbocycles. The smallest absolute Gasteiger partial charge is 0.302 e. The molecule has 0 radical (unpaired) electrons. The summed E-state index contributed by atoms with van der Waals surface area (Å²) >= 11 is 0. The molecule has 3 nitrogen and oxygen atoms in total. The Balaban J connectivity index is 2.02. The topological polar surface area (TPSA) is 39.1 Å². The molecule has 1 saturated heterocycles. The van der Waals surface area contributed by atoms with Crippen LogP contribution < -0.4 is 5.32 Å². The Hall–Kier alpha value is -0.800. The highest BCUT2D eigenvalue weighted by Gasteiger charge is 2.44. The van der Waals surface area contributed by atoms with Gasteiger partial charge in [0.2, 0.25) is 0 Å². The molecule has 6 heteroatoms. The van der Waals surface area contributed by atoms with Crippen LogP contribution in [0.2, 0.25) is 0 Å². The van der Waals surface area contributed by atoms with Gasteiger partial charge in [-0.25, -0.2) is 0 Å². The number of alkyl halides is 3. The van der Waals surface area contributed by atoms with E-state index in [-0.39, 0.29) is 19.0 Å². The Morgan fingerprint density at radius 2 is 2.05 bits per heavy atom. The van der Waals surface area contributed by atoms with Crippen LogP contribution in [-0.4, -0.2) is 42.8 Å². The van der Waals surface area contributed by atoms with Crippen molar-refractivity contribution in [2.45, 2.75) is 56.3 Å². The zero-order valence-corrected chi connectivity index (χ0v) is 11.8. The fourth-order valence-corrected chi connectivity index (χ4v) is 3.55. The van der Waals surface area contributed by atoms with E-state index in [1.807, 2.05) is 4.90 Å². The number of nitrogens with zero attached hydrogens (tertiary/aromatic N) is 2. The fourth-order valence-electron chi connectivity index (χ4n) is 3.55. The van der Waals surface area contributed by atoms with E-state index in [2.05, 4.69) is 11.4 Å². The number of likely N-dealkylation sites (tertiary alicyclic amines) is 1. The molecular weight excluding hydrogens is 267 g/mol. The predicted octanol–water partition coefficient (Wildman–Crippen LogP) is 2.69. The van der Waals surface area contributed by atoms with Gasteiger partial charge in [0.25, 0.3) is 0 Å². The summed E-state index contributed by atoms with van der Waals surface area (Å²) in [5, 5.41) is 12.4. The van der Waals surface area contributed by atoms with Crippen molar-refractivity contribution < 1.29 is 13.2 Å². The van der Waals surface area contributed by atoms with Gasteiger partial charge < -0.3 is 5.32 Å².